The number of nitrogens with two attached hydrogens (primary N) is 1. The maximum Gasteiger partial charge on any atom is 0.260 e. The summed E-state index contributed by atoms with van der Waals surface area (Å²) in [7, 11) is 0. The monoisotopic (exact) mass is 182 g/mol. The van der Waals surface area contributed by atoms with Crippen LogP contribution in [0, 0.1) is 0 Å². The Morgan fingerprint density at radius 2 is 2.38 bits per heavy atom. The van der Waals surface area contributed by atoms with Crippen molar-refractivity contribution in [3.63, 3.8) is 0 Å². The summed E-state index contributed by atoms with van der Waals surface area (Å²) in [5, 5.41) is 6.96. The average Bonchev–Trinajstić information content (AvgIpc) is 2.54. The molecule has 13 heavy (non-hydrogen) atoms. The van der Waals surface area contributed by atoms with E-state index < -0.39 is 0 Å². The Balaban J connectivity index is 2.22. The van der Waals surface area contributed by atoms with E-state index in [0.717, 1.165) is 13.0 Å². The molecule has 0 bridgehead atoms. The Bertz CT molecular complexity index is 290. The molecule has 0 amide bonds. The summed E-state index contributed by atoms with van der Waals surface area (Å²) >= 11 is 0. The molecule has 5 heteroatoms. The highest BCUT2D eigenvalue weighted by atomic mass is 16.5. The lowest BCUT2D eigenvalue weighted by atomic mass is 9.91. The van der Waals surface area contributed by atoms with Crippen molar-refractivity contribution in [1.29, 1.82) is 0 Å². The van der Waals surface area contributed by atoms with E-state index in [4.69, 9.17) is 10.3 Å². The molecular formula is C8H14N4O. The van der Waals surface area contributed by atoms with Gasteiger partial charge < -0.3 is 15.6 Å². The fraction of sp³-hybridized carbons (Fsp3) is 0.750. The number of nitrogens with zero attached hydrogens (tertiary/aromatic N) is 2. The summed E-state index contributed by atoms with van der Waals surface area (Å²) in [6.07, 6.45) is 3.42. The van der Waals surface area contributed by atoms with Gasteiger partial charge in [-0.15, -0.1) is 0 Å². The van der Waals surface area contributed by atoms with E-state index in [9.17, 15) is 0 Å². The molecule has 1 unspecified atom stereocenters. The number of hydrogen-bond donors (Lipinski definition) is 2. The Labute approximate surface area is 76.7 Å². The van der Waals surface area contributed by atoms with Crippen molar-refractivity contribution >= 4 is 5.95 Å². The van der Waals surface area contributed by atoms with E-state index in [-0.39, 0.29) is 11.5 Å². The molecular weight excluding hydrogens is 168 g/mol. The van der Waals surface area contributed by atoms with Crippen LogP contribution in [0.5, 0.6) is 0 Å². The SMILES string of the molecule is CC1(c2nc(N)no2)CCCCN1. The first-order valence-corrected chi connectivity index (χ1v) is 4.55. The van der Waals surface area contributed by atoms with Crippen molar-refractivity contribution in [1.82, 2.24) is 15.5 Å². The predicted molar refractivity (Wildman–Crippen MR) is 47.9 cm³/mol. The molecule has 1 fully saturated rings. The molecule has 2 heterocycles. The standard InChI is InChI=1S/C8H14N4O/c1-8(4-2-3-5-10-8)6-11-7(9)12-13-6/h10H,2-5H2,1H3,(H2,9,12). The number of nitrogens with one attached hydrogen (secondary N) is 1. The molecule has 1 aromatic heterocycles. The highest BCUT2D eigenvalue weighted by Crippen LogP contribution is 2.28. The van der Waals surface area contributed by atoms with Crippen LogP contribution < -0.4 is 11.1 Å². The molecule has 2 rings (SSSR count). The van der Waals surface area contributed by atoms with Crippen molar-refractivity contribution in [2.45, 2.75) is 31.7 Å². The van der Waals surface area contributed by atoms with Gasteiger partial charge in [0, 0.05) is 0 Å². The van der Waals surface area contributed by atoms with Gasteiger partial charge in [0.05, 0.1) is 5.54 Å². The second-order valence-electron chi connectivity index (χ2n) is 3.67. The van der Waals surface area contributed by atoms with Crippen LogP contribution in [-0.2, 0) is 5.54 Å². The van der Waals surface area contributed by atoms with Gasteiger partial charge in [-0.25, -0.2) is 0 Å². The lowest BCUT2D eigenvalue weighted by Gasteiger charge is -2.31. The van der Waals surface area contributed by atoms with Crippen LogP contribution >= 0.6 is 0 Å². The highest BCUT2D eigenvalue weighted by Gasteiger charge is 2.33. The Morgan fingerprint density at radius 3 is 2.92 bits per heavy atom. The molecule has 1 saturated heterocycles. The molecule has 5 nitrogen and oxygen atoms in total. The summed E-state index contributed by atoms with van der Waals surface area (Å²) in [6.45, 7) is 3.07. The zero-order valence-electron chi connectivity index (χ0n) is 7.71. The van der Waals surface area contributed by atoms with E-state index in [1.54, 1.807) is 0 Å². The van der Waals surface area contributed by atoms with Crippen molar-refractivity contribution < 1.29 is 4.52 Å². The van der Waals surface area contributed by atoms with Crippen molar-refractivity contribution in [2.24, 2.45) is 0 Å². The zero-order chi connectivity index (χ0) is 9.31. The molecule has 0 spiro atoms. The van der Waals surface area contributed by atoms with Crippen LogP contribution in [0.3, 0.4) is 0 Å². The number of piperidine rings is 1. The first kappa shape index (κ1) is 8.50. The van der Waals surface area contributed by atoms with Crippen LogP contribution in [0.15, 0.2) is 4.52 Å². The predicted octanol–water partition coefficient (Wildman–Crippen LogP) is 0.640. The molecule has 72 valence electrons. The third kappa shape index (κ3) is 1.51. The highest BCUT2D eigenvalue weighted by molar-refractivity contribution is 5.14. The number of anilines is 1. The van der Waals surface area contributed by atoms with E-state index in [0.29, 0.717) is 5.89 Å². The molecule has 0 radical (unpaired) electrons. The second-order valence-corrected chi connectivity index (χ2v) is 3.67. The number of rotatable bonds is 1. The van der Waals surface area contributed by atoms with Gasteiger partial charge in [-0.3, -0.25) is 0 Å². The maximum atomic E-state index is 5.40. The van der Waals surface area contributed by atoms with Crippen molar-refractivity contribution in [2.75, 3.05) is 12.3 Å². The summed E-state index contributed by atoms with van der Waals surface area (Å²) in [5.74, 6) is 0.813. The van der Waals surface area contributed by atoms with Crippen LogP contribution in [0.25, 0.3) is 0 Å². The smallest absolute Gasteiger partial charge is 0.260 e. The minimum atomic E-state index is -0.178. The fourth-order valence-corrected chi connectivity index (χ4v) is 1.70. The van der Waals surface area contributed by atoms with Gasteiger partial charge in [0.2, 0.25) is 5.89 Å². The fourth-order valence-electron chi connectivity index (χ4n) is 1.70. The van der Waals surface area contributed by atoms with Gasteiger partial charge in [-0.1, -0.05) is 0 Å². The normalized spacial score (nSPS) is 29.0. The van der Waals surface area contributed by atoms with E-state index in [1.807, 2.05) is 0 Å². The first-order valence-electron chi connectivity index (χ1n) is 4.55. The van der Waals surface area contributed by atoms with Crippen LogP contribution in [-0.4, -0.2) is 16.7 Å². The lowest BCUT2D eigenvalue weighted by molar-refractivity contribution is 0.207. The topological polar surface area (TPSA) is 77.0 Å². The minimum Gasteiger partial charge on any atom is -0.365 e. The Hall–Kier alpha value is -1.10. The van der Waals surface area contributed by atoms with Gasteiger partial charge in [0.25, 0.3) is 5.95 Å². The summed E-state index contributed by atoms with van der Waals surface area (Å²) in [5.41, 5.74) is 5.22. The third-order valence-electron chi connectivity index (χ3n) is 2.53. The summed E-state index contributed by atoms with van der Waals surface area (Å²) < 4.78 is 5.06. The number of hydrogen-bond acceptors (Lipinski definition) is 5. The first-order chi connectivity index (χ1) is 6.21. The summed E-state index contributed by atoms with van der Waals surface area (Å²) in [6, 6.07) is 0. The Morgan fingerprint density at radius 1 is 1.54 bits per heavy atom. The van der Waals surface area contributed by atoms with Gasteiger partial charge >= 0.3 is 0 Å². The van der Waals surface area contributed by atoms with E-state index in [2.05, 4.69) is 22.4 Å². The summed E-state index contributed by atoms with van der Waals surface area (Å²) in [4.78, 5) is 4.04. The third-order valence-corrected chi connectivity index (χ3v) is 2.53. The van der Waals surface area contributed by atoms with Gasteiger partial charge in [-0.05, 0) is 37.9 Å². The van der Waals surface area contributed by atoms with Gasteiger partial charge in [-0.2, -0.15) is 4.98 Å². The zero-order valence-corrected chi connectivity index (χ0v) is 7.71. The quantitative estimate of drug-likeness (QED) is 0.666. The molecule has 1 aliphatic rings. The Kier molecular flexibility index (Phi) is 1.95. The number of aromatic nitrogens is 2. The van der Waals surface area contributed by atoms with E-state index >= 15 is 0 Å². The van der Waals surface area contributed by atoms with Gasteiger partial charge in [0.1, 0.15) is 0 Å². The maximum absolute atomic E-state index is 5.40. The van der Waals surface area contributed by atoms with Crippen LogP contribution in [0.4, 0.5) is 5.95 Å². The molecule has 3 N–H and O–H groups in total. The second kappa shape index (κ2) is 2.99. The van der Waals surface area contributed by atoms with E-state index in [1.165, 1.54) is 12.8 Å². The molecule has 0 aliphatic carbocycles. The molecule has 1 aromatic rings. The lowest BCUT2D eigenvalue weighted by Crippen LogP contribution is -2.43. The number of nitrogen functional groups attached to an aromatic ring is 1. The molecule has 1 atom stereocenters. The van der Waals surface area contributed by atoms with Gasteiger partial charge in [0.15, 0.2) is 0 Å². The van der Waals surface area contributed by atoms with Crippen molar-refractivity contribution in [3.8, 4) is 0 Å². The minimum absolute atomic E-state index is 0.178. The van der Waals surface area contributed by atoms with Crippen molar-refractivity contribution in [3.05, 3.63) is 5.89 Å². The average molecular weight is 182 g/mol. The molecule has 0 aromatic carbocycles. The van der Waals surface area contributed by atoms with Crippen LogP contribution in [0.1, 0.15) is 32.1 Å². The van der Waals surface area contributed by atoms with Crippen LogP contribution in [0.2, 0.25) is 0 Å². The largest absolute Gasteiger partial charge is 0.365 e. The molecule has 1 aliphatic heterocycles. The molecule has 0 saturated carbocycles.